The van der Waals surface area contributed by atoms with E-state index < -0.39 is 5.97 Å². The van der Waals surface area contributed by atoms with Gasteiger partial charge in [0.25, 0.3) is 0 Å². The van der Waals surface area contributed by atoms with Gasteiger partial charge in [0.1, 0.15) is 5.70 Å². The average molecular weight is 302 g/mol. The highest BCUT2D eigenvalue weighted by Crippen LogP contribution is 2.09. The number of rotatable bonds is 10. The second-order valence-corrected chi connectivity index (χ2v) is 4.60. The number of carbonyl (C=O) groups is 1. The molecule has 22 heavy (non-hydrogen) atoms. The van der Waals surface area contributed by atoms with E-state index in [0.717, 1.165) is 25.9 Å². The topological polar surface area (TPSA) is 32.8 Å². The summed E-state index contributed by atoms with van der Waals surface area (Å²) in [4.78, 5) is 15.8. The van der Waals surface area contributed by atoms with Crippen LogP contribution in [-0.4, -0.2) is 49.1 Å². The van der Waals surface area contributed by atoms with Gasteiger partial charge in [0.2, 0.25) is 0 Å². The SMILES string of the molecule is C#CCN(CC#C)/C(=C\CCCN(/C=C\C)CC)C(=O)OC. The van der Waals surface area contributed by atoms with Crippen molar-refractivity contribution in [3.05, 3.63) is 24.0 Å². The predicted octanol–water partition coefficient (Wildman–Crippen LogP) is 2.25. The number of unbranched alkanes of at least 4 members (excludes halogenated alkanes) is 1. The minimum absolute atomic E-state index is 0.283. The Kier molecular flexibility index (Phi) is 11.1. The van der Waals surface area contributed by atoms with Crippen molar-refractivity contribution >= 4 is 5.97 Å². The maximum Gasteiger partial charge on any atom is 0.354 e. The predicted molar refractivity (Wildman–Crippen MR) is 90.6 cm³/mol. The highest BCUT2D eigenvalue weighted by Gasteiger charge is 2.16. The molecule has 0 heterocycles. The lowest BCUT2D eigenvalue weighted by molar-refractivity contribution is -0.137. The van der Waals surface area contributed by atoms with E-state index in [9.17, 15) is 4.79 Å². The Hall–Kier alpha value is -2.33. The smallest absolute Gasteiger partial charge is 0.354 e. The van der Waals surface area contributed by atoms with E-state index in [1.165, 1.54) is 7.11 Å². The molecule has 4 nitrogen and oxygen atoms in total. The van der Waals surface area contributed by atoms with Crippen LogP contribution in [0, 0.1) is 24.7 Å². The summed E-state index contributed by atoms with van der Waals surface area (Å²) in [6, 6.07) is 0. The van der Waals surface area contributed by atoms with Crippen LogP contribution in [-0.2, 0) is 9.53 Å². The van der Waals surface area contributed by atoms with E-state index in [2.05, 4.69) is 29.9 Å². The van der Waals surface area contributed by atoms with E-state index >= 15 is 0 Å². The van der Waals surface area contributed by atoms with Crippen LogP contribution in [0.3, 0.4) is 0 Å². The fourth-order valence-electron chi connectivity index (χ4n) is 1.97. The summed E-state index contributed by atoms with van der Waals surface area (Å²) in [5.41, 5.74) is 0.437. The van der Waals surface area contributed by atoms with Crippen molar-refractivity contribution in [2.24, 2.45) is 0 Å². The number of carbonyl (C=O) groups excluding carboxylic acids is 1. The van der Waals surface area contributed by atoms with Crippen LogP contribution in [0.25, 0.3) is 0 Å². The molecule has 0 atom stereocenters. The first kappa shape index (κ1) is 19.7. The van der Waals surface area contributed by atoms with Gasteiger partial charge in [-0.1, -0.05) is 24.0 Å². The van der Waals surface area contributed by atoms with E-state index in [1.807, 2.05) is 19.1 Å². The number of methoxy groups -OCH3 is 1. The Morgan fingerprint density at radius 1 is 1.27 bits per heavy atom. The first-order valence-corrected chi connectivity index (χ1v) is 7.41. The molecule has 0 aliphatic heterocycles. The molecule has 0 amide bonds. The lowest BCUT2D eigenvalue weighted by Gasteiger charge is -2.21. The van der Waals surface area contributed by atoms with Gasteiger partial charge in [0.05, 0.1) is 20.2 Å². The van der Waals surface area contributed by atoms with Gasteiger partial charge in [0.15, 0.2) is 0 Å². The van der Waals surface area contributed by atoms with Gasteiger partial charge in [0, 0.05) is 13.1 Å². The summed E-state index contributed by atoms with van der Waals surface area (Å²) < 4.78 is 4.82. The third-order valence-corrected chi connectivity index (χ3v) is 3.05. The molecule has 0 unspecified atom stereocenters. The van der Waals surface area contributed by atoms with Crippen molar-refractivity contribution in [2.45, 2.75) is 26.7 Å². The number of terminal acetylenes is 2. The van der Waals surface area contributed by atoms with Crippen molar-refractivity contribution in [1.29, 1.82) is 0 Å². The van der Waals surface area contributed by atoms with Crippen LogP contribution in [0.15, 0.2) is 24.0 Å². The van der Waals surface area contributed by atoms with Gasteiger partial charge in [-0.3, -0.25) is 0 Å². The van der Waals surface area contributed by atoms with E-state index in [0.29, 0.717) is 5.70 Å². The van der Waals surface area contributed by atoms with Crippen molar-refractivity contribution in [3.63, 3.8) is 0 Å². The molecule has 0 saturated carbocycles. The molecule has 0 spiro atoms. The van der Waals surface area contributed by atoms with Crippen LogP contribution in [0.4, 0.5) is 0 Å². The van der Waals surface area contributed by atoms with E-state index in [-0.39, 0.29) is 13.1 Å². The molecule has 0 aliphatic carbocycles. The van der Waals surface area contributed by atoms with E-state index in [1.54, 1.807) is 4.90 Å². The van der Waals surface area contributed by atoms with Gasteiger partial charge in [-0.15, -0.1) is 12.8 Å². The average Bonchev–Trinajstić information content (AvgIpc) is 2.53. The molecule has 0 aliphatic rings. The standard InChI is InChI=1S/C18H26N2O2/c1-6-13-19(9-4)16-11-10-12-17(18(21)22-5)20(14-7-2)15-8-3/h2-3,6,12-13H,9-11,14-16H2,1,4-5H3/b13-6-,17-12-. The third kappa shape index (κ3) is 7.45. The number of allylic oxidation sites excluding steroid dienone is 2. The molecular formula is C18H26N2O2. The van der Waals surface area contributed by atoms with Gasteiger partial charge < -0.3 is 14.5 Å². The molecule has 0 bridgehead atoms. The normalized spacial score (nSPS) is 10.9. The Morgan fingerprint density at radius 2 is 1.91 bits per heavy atom. The van der Waals surface area contributed by atoms with Crippen LogP contribution < -0.4 is 0 Å². The zero-order valence-corrected chi connectivity index (χ0v) is 13.8. The largest absolute Gasteiger partial charge is 0.464 e. The van der Waals surface area contributed by atoms with Crippen LogP contribution in [0.1, 0.15) is 26.7 Å². The fourth-order valence-corrected chi connectivity index (χ4v) is 1.97. The van der Waals surface area contributed by atoms with Gasteiger partial charge in [-0.25, -0.2) is 4.79 Å². The van der Waals surface area contributed by atoms with Gasteiger partial charge in [-0.2, -0.15) is 0 Å². The zero-order chi connectivity index (χ0) is 16.8. The zero-order valence-electron chi connectivity index (χ0n) is 13.8. The quantitative estimate of drug-likeness (QED) is 0.268. The Bertz CT molecular complexity index is 450. The summed E-state index contributed by atoms with van der Waals surface area (Å²) >= 11 is 0. The summed E-state index contributed by atoms with van der Waals surface area (Å²) in [6.07, 6.45) is 18.3. The fraction of sp³-hybridized carbons (Fsp3) is 0.500. The summed E-state index contributed by atoms with van der Waals surface area (Å²) in [5, 5.41) is 0. The number of nitrogens with zero attached hydrogens (tertiary/aromatic N) is 2. The van der Waals surface area contributed by atoms with Crippen LogP contribution in [0.2, 0.25) is 0 Å². The number of hydrogen-bond acceptors (Lipinski definition) is 4. The molecule has 0 saturated heterocycles. The Labute approximate surface area is 134 Å². The van der Waals surface area contributed by atoms with Gasteiger partial charge >= 0.3 is 5.97 Å². The highest BCUT2D eigenvalue weighted by molar-refractivity contribution is 5.87. The second-order valence-electron chi connectivity index (χ2n) is 4.60. The first-order chi connectivity index (χ1) is 10.6. The molecule has 0 radical (unpaired) electrons. The Balaban J connectivity index is 4.79. The van der Waals surface area contributed by atoms with E-state index in [4.69, 9.17) is 17.6 Å². The molecule has 0 N–H and O–H groups in total. The molecule has 120 valence electrons. The first-order valence-electron chi connectivity index (χ1n) is 7.41. The third-order valence-electron chi connectivity index (χ3n) is 3.05. The highest BCUT2D eigenvalue weighted by atomic mass is 16.5. The lowest BCUT2D eigenvalue weighted by Crippen LogP contribution is -2.29. The number of hydrogen-bond donors (Lipinski definition) is 0. The minimum atomic E-state index is -0.411. The number of esters is 1. The lowest BCUT2D eigenvalue weighted by atomic mass is 10.2. The monoisotopic (exact) mass is 302 g/mol. The van der Waals surface area contributed by atoms with Crippen molar-refractivity contribution in [2.75, 3.05) is 33.3 Å². The maximum atomic E-state index is 11.9. The second kappa shape index (κ2) is 12.4. The van der Waals surface area contributed by atoms with Crippen molar-refractivity contribution in [1.82, 2.24) is 9.80 Å². The van der Waals surface area contributed by atoms with Crippen LogP contribution >= 0.6 is 0 Å². The molecule has 4 heteroatoms. The maximum absolute atomic E-state index is 11.9. The molecule has 0 fully saturated rings. The van der Waals surface area contributed by atoms with Crippen molar-refractivity contribution < 1.29 is 9.53 Å². The minimum Gasteiger partial charge on any atom is -0.464 e. The Morgan fingerprint density at radius 3 is 2.36 bits per heavy atom. The summed E-state index contributed by atoms with van der Waals surface area (Å²) in [5.74, 6) is 4.61. The number of ether oxygens (including phenoxy) is 1. The molecule has 0 aromatic carbocycles. The molecule has 0 rings (SSSR count). The van der Waals surface area contributed by atoms with Crippen molar-refractivity contribution in [3.8, 4) is 24.7 Å². The van der Waals surface area contributed by atoms with Gasteiger partial charge in [-0.05, 0) is 32.9 Å². The van der Waals surface area contributed by atoms with Crippen LogP contribution in [0.5, 0.6) is 0 Å². The molecule has 0 aromatic heterocycles. The molecular weight excluding hydrogens is 276 g/mol. The summed E-state index contributed by atoms with van der Waals surface area (Å²) in [7, 11) is 1.35. The molecule has 0 aromatic rings. The summed E-state index contributed by atoms with van der Waals surface area (Å²) in [6.45, 7) is 6.55.